The van der Waals surface area contributed by atoms with Gasteiger partial charge in [-0.2, -0.15) is 0 Å². The highest BCUT2D eigenvalue weighted by molar-refractivity contribution is 5.82. The molecule has 0 spiro atoms. The van der Waals surface area contributed by atoms with Gasteiger partial charge in [0.15, 0.2) is 0 Å². The van der Waals surface area contributed by atoms with Gasteiger partial charge in [-0.25, -0.2) is 4.39 Å². The third-order valence-corrected chi connectivity index (χ3v) is 2.92. The van der Waals surface area contributed by atoms with E-state index in [0.717, 1.165) is 11.1 Å². The van der Waals surface area contributed by atoms with E-state index in [1.54, 1.807) is 6.07 Å². The van der Waals surface area contributed by atoms with Crippen molar-refractivity contribution >= 4 is 10.9 Å². The first-order chi connectivity index (χ1) is 7.15. The van der Waals surface area contributed by atoms with E-state index in [-0.39, 0.29) is 11.9 Å². The Bertz CT molecular complexity index is 488. The number of para-hydroxylation sites is 1. The second-order valence-electron chi connectivity index (χ2n) is 3.82. The SMILES string of the molecule is CNC(C)c1cc2cccc(F)c2n1C. The fourth-order valence-electron chi connectivity index (χ4n) is 1.95. The quantitative estimate of drug-likeness (QED) is 0.799. The van der Waals surface area contributed by atoms with Crippen LogP contribution in [0.4, 0.5) is 4.39 Å². The minimum atomic E-state index is -0.162. The van der Waals surface area contributed by atoms with Crippen molar-refractivity contribution in [2.45, 2.75) is 13.0 Å². The standard InChI is InChI=1S/C12H15FN2/c1-8(14-2)11-7-9-5-4-6-10(13)12(9)15(11)3/h4-8,14H,1-3H3. The highest BCUT2D eigenvalue weighted by Crippen LogP contribution is 2.24. The van der Waals surface area contributed by atoms with E-state index in [1.807, 2.05) is 30.8 Å². The number of hydrogen-bond donors (Lipinski definition) is 1. The summed E-state index contributed by atoms with van der Waals surface area (Å²) in [5, 5.41) is 4.11. The van der Waals surface area contributed by atoms with Gasteiger partial charge in [0.1, 0.15) is 5.82 Å². The molecule has 0 amide bonds. The molecule has 0 saturated carbocycles. The van der Waals surface area contributed by atoms with Gasteiger partial charge in [-0.05, 0) is 26.1 Å². The third-order valence-electron chi connectivity index (χ3n) is 2.92. The molecule has 3 heteroatoms. The first-order valence-corrected chi connectivity index (χ1v) is 5.06. The van der Waals surface area contributed by atoms with E-state index in [4.69, 9.17) is 0 Å². The number of aryl methyl sites for hydroxylation is 1. The summed E-state index contributed by atoms with van der Waals surface area (Å²) >= 11 is 0. The van der Waals surface area contributed by atoms with Crippen LogP contribution in [-0.2, 0) is 7.05 Å². The van der Waals surface area contributed by atoms with Crippen molar-refractivity contribution in [3.63, 3.8) is 0 Å². The molecule has 1 heterocycles. The molecule has 0 aliphatic carbocycles. The fraction of sp³-hybridized carbons (Fsp3) is 0.333. The van der Waals surface area contributed by atoms with Gasteiger partial charge in [0.25, 0.3) is 0 Å². The van der Waals surface area contributed by atoms with Crippen molar-refractivity contribution < 1.29 is 4.39 Å². The zero-order valence-corrected chi connectivity index (χ0v) is 9.21. The Hall–Kier alpha value is -1.35. The van der Waals surface area contributed by atoms with E-state index in [1.165, 1.54) is 6.07 Å². The molecule has 0 fully saturated rings. The van der Waals surface area contributed by atoms with Gasteiger partial charge >= 0.3 is 0 Å². The zero-order valence-electron chi connectivity index (χ0n) is 9.21. The summed E-state index contributed by atoms with van der Waals surface area (Å²) in [7, 11) is 3.80. The molecule has 15 heavy (non-hydrogen) atoms. The topological polar surface area (TPSA) is 17.0 Å². The van der Waals surface area contributed by atoms with Gasteiger partial charge < -0.3 is 9.88 Å². The summed E-state index contributed by atoms with van der Waals surface area (Å²) < 4.78 is 15.5. The number of rotatable bonds is 2. The minimum absolute atomic E-state index is 0.162. The lowest BCUT2D eigenvalue weighted by Crippen LogP contribution is -2.15. The highest BCUT2D eigenvalue weighted by Gasteiger charge is 2.12. The molecule has 0 aliphatic rings. The van der Waals surface area contributed by atoms with Gasteiger partial charge in [0.2, 0.25) is 0 Å². The number of aromatic nitrogens is 1. The molecule has 0 aliphatic heterocycles. The van der Waals surface area contributed by atoms with E-state index in [2.05, 4.69) is 12.2 Å². The Balaban J connectivity index is 2.70. The monoisotopic (exact) mass is 206 g/mol. The van der Waals surface area contributed by atoms with E-state index < -0.39 is 0 Å². The van der Waals surface area contributed by atoms with Crippen LogP contribution >= 0.6 is 0 Å². The number of benzene rings is 1. The van der Waals surface area contributed by atoms with Gasteiger partial charge in [0.05, 0.1) is 5.52 Å². The van der Waals surface area contributed by atoms with Crippen LogP contribution in [0.1, 0.15) is 18.7 Å². The molecular weight excluding hydrogens is 191 g/mol. The molecule has 1 aromatic carbocycles. The van der Waals surface area contributed by atoms with Gasteiger partial charge in [-0.1, -0.05) is 12.1 Å². The second kappa shape index (κ2) is 3.66. The summed E-state index contributed by atoms with van der Waals surface area (Å²) in [5.41, 5.74) is 1.77. The molecule has 2 nitrogen and oxygen atoms in total. The Morgan fingerprint density at radius 1 is 1.40 bits per heavy atom. The smallest absolute Gasteiger partial charge is 0.147 e. The lowest BCUT2D eigenvalue weighted by atomic mass is 10.2. The van der Waals surface area contributed by atoms with Crippen LogP contribution in [0.3, 0.4) is 0 Å². The number of hydrogen-bond acceptors (Lipinski definition) is 1. The van der Waals surface area contributed by atoms with Crippen LogP contribution < -0.4 is 5.32 Å². The maximum absolute atomic E-state index is 13.6. The Morgan fingerprint density at radius 2 is 2.13 bits per heavy atom. The molecule has 0 radical (unpaired) electrons. The molecule has 80 valence electrons. The van der Waals surface area contributed by atoms with Crippen LogP contribution in [0.25, 0.3) is 10.9 Å². The van der Waals surface area contributed by atoms with Crippen molar-refractivity contribution in [2.24, 2.45) is 7.05 Å². The van der Waals surface area contributed by atoms with Crippen molar-refractivity contribution in [3.8, 4) is 0 Å². The van der Waals surface area contributed by atoms with Crippen LogP contribution in [-0.4, -0.2) is 11.6 Å². The maximum atomic E-state index is 13.6. The Kier molecular flexibility index (Phi) is 2.49. The predicted octanol–water partition coefficient (Wildman–Crippen LogP) is 2.60. The Labute approximate surface area is 88.7 Å². The molecule has 0 bridgehead atoms. The molecule has 1 aromatic heterocycles. The van der Waals surface area contributed by atoms with E-state index >= 15 is 0 Å². The number of nitrogens with one attached hydrogen (secondary N) is 1. The first-order valence-electron chi connectivity index (χ1n) is 5.06. The van der Waals surface area contributed by atoms with Crippen molar-refractivity contribution in [2.75, 3.05) is 7.05 Å². The molecule has 2 aromatic rings. The van der Waals surface area contributed by atoms with Crippen LogP contribution in [0.5, 0.6) is 0 Å². The summed E-state index contributed by atoms with van der Waals surface area (Å²) in [6, 6.07) is 7.42. The van der Waals surface area contributed by atoms with Gasteiger partial charge in [-0.15, -0.1) is 0 Å². The largest absolute Gasteiger partial charge is 0.344 e. The second-order valence-corrected chi connectivity index (χ2v) is 3.82. The predicted molar refractivity (Wildman–Crippen MR) is 60.4 cm³/mol. The van der Waals surface area contributed by atoms with Crippen molar-refractivity contribution in [3.05, 3.63) is 35.8 Å². The van der Waals surface area contributed by atoms with E-state index in [0.29, 0.717) is 5.52 Å². The van der Waals surface area contributed by atoms with Gasteiger partial charge in [0, 0.05) is 24.2 Å². The minimum Gasteiger partial charge on any atom is -0.344 e. The van der Waals surface area contributed by atoms with Crippen molar-refractivity contribution in [1.29, 1.82) is 0 Å². The summed E-state index contributed by atoms with van der Waals surface area (Å²) in [4.78, 5) is 0. The van der Waals surface area contributed by atoms with Crippen LogP contribution in [0.15, 0.2) is 24.3 Å². The summed E-state index contributed by atoms with van der Waals surface area (Å²) in [6.07, 6.45) is 0. The third kappa shape index (κ3) is 1.53. The molecule has 2 rings (SSSR count). The number of fused-ring (bicyclic) bond motifs is 1. The highest BCUT2D eigenvalue weighted by atomic mass is 19.1. The lowest BCUT2D eigenvalue weighted by Gasteiger charge is -2.11. The number of nitrogens with zero attached hydrogens (tertiary/aromatic N) is 1. The molecule has 1 atom stereocenters. The van der Waals surface area contributed by atoms with Gasteiger partial charge in [-0.3, -0.25) is 0 Å². The summed E-state index contributed by atoms with van der Waals surface area (Å²) in [6.45, 7) is 2.06. The molecular formula is C12H15FN2. The average Bonchev–Trinajstić information content (AvgIpc) is 2.56. The lowest BCUT2D eigenvalue weighted by molar-refractivity contribution is 0.598. The first kappa shape index (κ1) is 10.2. The molecule has 0 saturated heterocycles. The fourth-order valence-corrected chi connectivity index (χ4v) is 1.95. The normalized spacial score (nSPS) is 13.3. The Morgan fingerprint density at radius 3 is 2.73 bits per heavy atom. The van der Waals surface area contributed by atoms with Crippen molar-refractivity contribution in [1.82, 2.24) is 9.88 Å². The molecule has 1 unspecified atom stereocenters. The molecule has 1 N–H and O–H groups in total. The van der Waals surface area contributed by atoms with Crippen LogP contribution in [0.2, 0.25) is 0 Å². The average molecular weight is 206 g/mol. The van der Waals surface area contributed by atoms with E-state index in [9.17, 15) is 4.39 Å². The maximum Gasteiger partial charge on any atom is 0.147 e. The zero-order chi connectivity index (χ0) is 11.0. The summed E-state index contributed by atoms with van der Waals surface area (Å²) in [5.74, 6) is -0.162. The van der Waals surface area contributed by atoms with Crippen LogP contribution in [0, 0.1) is 5.82 Å². The number of halogens is 1.